The third kappa shape index (κ3) is 2.16. The van der Waals surface area contributed by atoms with Crippen molar-refractivity contribution >= 4 is 33.6 Å². The van der Waals surface area contributed by atoms with Crippen LogP contribution in [0.15, 0.2) is 18.2 Å². The summed E-state index contributed by atoms with van der Waals surface area (Å²) in [4.78, 5) is 0.696. The average Bonchev–Trinajstić information content (AvgIpc) is 2.95. The maximum absolute atomic E-state index is 5.99. The smallest absolute Gasteiger partial charge is 0.235 e. The molecule has 98 valence electrons. The molecule has 1 aromatic carbocycles. The van der Waals surface area contributed by atoms with Gasteiger partial charge in [0.15, 0.2) is 5.82 Å². The number of anilines is 1. The molecule has 0 spiro atoms. The van der Waals surface area contributed by atoms with E-state index in [2.05, 4.69) is 15.3 Å². The van der Waals surface area contributed by atoms with Crippen LogP contribution in [0, 0.1) is 0 Å². The predicted octanol–water partition coefficient (Wildman–Crippen LogP) is 2.23. The quantitative estimate of drug-likeness (QED) is 0.750. The highest BCUT2D eigenvalue weighted by Gasteiger charge is 2.14. The fourth-order valence-electron chi connectivity index (χ4n) is 1.70. The zero-order valence-corrected chi connectivity index (χ0v) is 11.6. The number of rotatable bonds is 3. The second-order valence-electron chi connectivity index (χ2n) is 3.88. The fourth-order valence-corrected chi connectivity index (χ4v) is 2.77. The molecule has 0 aliphatic rings. The van der Waals surface area contributed by atoms with E-state index in [9.17, 15) is 0 Å². The molecule has 0 saturated heterocycles. The molecule has 0 bridgehead atoms. The summed E-state index contributed by atoms with van der Waals surface area (Å²) in [5.74, 6) is 0.653. The summed E-state index contributed by atoms with van der Waals surface area (Å²) >= 11 is 7.39. The summed E-state index contributed by atoms with van der Waals surface area (Å²) in [6.45, 7) is 0.357. The van der Waals surface area contributed by atoms with E-state index in [1.165, 1.54) is 11.3 Å². The van der Waals surface area contributed by atoms with Crippen molar-refractivity contribution in [2.45, 2.75) is 6.61 Å². The Labute approximate surface area is 117 Å². The molecule has 0 fully saturated rings. The van der Waals surface area contributed by atoms with E-state index in [-0.39, 0.29) is 0 Å². The highest BCUT2D eigenvalue weighted by molar-refractivity contribution is 7.19. The molecular weight excluding hydrogens is 286 g/mol. The lowest BCUT2D eigenvalue weighted by atomic mass is 10.2. The number of halogens is 1. The van der Waals surface area contributed by atoms with Crippen LogP contribution in [0.4, 0.5) is 5.69 Å². The lowest BCUT2D eigenvalue weighted by Gasteiger charge is -2.01. The molecule has 0 radical (unpaired) electrons. The van der Waals surface area contributed by atoms with Gasteiger partial charge in [0.2, 0.25) is 4.96 Å². The van der Waals surface area contributed by atoms with E-state index in [1.807, 2.05) is 0 Å². The molecule has 3 rings (SSSR count). The summed E-state index contributed by atoms with van der Waals surface area (Å²) in [5, 5.41) is 13.9. The lowest BCUT2D eigenvalue weighted by molar-refractivity contribution is 0.176. The van der Waals surface area contributed by atoms with Crippen LogP contribution in [-0.4, -0.2) is 26.9 Å². The van der Waals surface area contributed by atoms with Gasteiger partial charge in [0.05, 0.1) is 0 Å². The Hall–Kier alpha value is -1.70. The van der Waals surface area contributed by atoms with Crippen molar-refractivity contribution in [1.29, 1.82) is 0 Å². The molecular formula is C11H10ClN5OS. The zero-order chi connectivity index (χ0) is 13.4. The zero-order valence-electron chi connectivity index (χ0n) is 10.00. The van der Waals surface area contributed by atoms with Gasteiger partial charge in [-0.15, -0.1) is 10.2 Å². The average molecular weight is 296 g/mol. The third-order valence-electron chi connectivity index (χ3n) is 2.57. The van der Waals surface area contributed by atoms with Crippen LogP contribution in [0.3, 0.4) is 0 Å². The summed E-state index contributed by atoms with van der Waals surface area (Å²) in [7, 11) is 1.60. The molecule has 6 nitrogen and oxygen atoms in total. The minimum Gasteiger partial charge on any atom is -0.398 e. The highest BCUT2D eigenvalue weighted by Crippen LogP contribution is 2.32. The van der Waals surface area contributed by atoms with Gasteiger partial charge in [-0.2, -0.15) is 9.61 Å². The van der Waals surface area contributed by atoms with Crippen molar-refractivity contribution in [2.75, 3.05) is 12.8 Å². The summed E-state index contributed by atoms with van der Waals surface area (Å²) in [6, 6.07) is 5.30. The second-order valence-corrected chi connectivity index (χ2v) is 5.27. The van der Waals surface area contributed by atoms with Crippen LogP contribution in [0.5, 0.6) is 0 Å². The van der Waals surface area contributed by atoms with Crippen molar-refractivity contribution in [3.63, 3.8) is 0 Å². The maximum atomic E-state index is 5.99. The van der Waals surface area contributed by atoms with Crippen LogP contribution in [0.25, 0.3) is 15.5 Å². The number of methoxy groups -OCH3 is 1. The molecule has 2 heterocycles. The molecule has 0 unspecified atom stereocenters. The Balaban J connectivity index is 2.12. The van der Waals surface area contributed by atoms with Crippen LogP contribution in [-0.2, 0) is 11.3 Å². The number of fused-ring (bicyclic) bond motifs is 1. The minimum atomic E-state index is 0.357. The van der Waals surface area contributed by atoms with Crippen LogP contribution >= 0.6 is 22.9 Å². The molecule has 0 atom stereocenters. The van der Waals surface area contributed by atoms with Gasteiger partial charge >= 0.3 is 0 Å². The largest absolute Gasteiger partial charge is 0.398 e. The Bertz CT molecular complexity index is 738. The van der Waals surface area contributed by atoms with Gasteiger partial charge in [-0.1, -0.05) is 22.9 Å². The van der Waals surface area contributed by atoms with E-state index in [0.717, 1.165) is 10.6 Å². The highest BCUT2D eigenvalue weighted by atomic mass is 35.5. The summed E-state index contributed by atoms with van der Waals surface area (Å²) in [5.41, 5.74) is 7.37. The molecule has 8 heteroatoms. The Morgan fingerprint density at radius 1 is 1.42 bits per heavy atom. The van der Waals surface area contributed by atoms with Crippen molar-refractivity contribution < 1.29 is 4.74 Å². The van der Waals surface area contributed by atoms with Gasteiger partial charge in [-0.3, -0.25) is 0 Å². The number of benzene rings is 1. The molecule has 2 aromatic heterocycles. The lowest BCUT2D eigenvalue weighted by Crippen LogP contribution is -1.98. The van der Waals surface area contributed by atoms with Crippen LogP contribution in [0.1, 0.15) is 5.82 Å². The molecule has 19 heavy (non-hydrogen) atoms. The van der Waals surface area contributed by atoms with Crippen molar-refractivity contribution in [2.24, 2.45) is 0 Å². The number of nitrogens with zero attached hydrogens (tertiary/aromatic N) is 4. The van der Waals surface area contributed by atoms with E-state index < -0.39 is 0 Å². The fraction of sp³-hybridized carbons (Fsp3) is 0.182. The van der Waals surface area contributed by atoms with Crippen LogP contribution < -0.4 is 5.73 Å². The first-order valence-electron chi connectivity index (χ1n) is 5.44. The number of hydrogen-bond acceptors (Lipinski definition) is 6. The van der Waals surface area contributed by atoms with Gasteiger partial charge in [-0.25, -0.2) is 0 Å². The number of aromatic nitrogens is 4. The van der Waals surface area contributed by atoms with E-state index in [4.69, 9.17) is 22.1 Å². The monoisotopic (exact) mass is 295 g/mol. The summed E-state index contributed by atoms with van der Waals surface area (Å²) < 4.78 is 6.70. The van der Waals surface area contributed by atoms with Crippen molar-refractivity contribution in [1.82, 2.24) is 19.8 Å². The molecule has 0 aliphatic carbocycles. The van der Waals surface area contributed by atoms with E-state index >= 15 is 0 Å². The Kier molecular flexibility index (Phi) is 3.09. The van der Waals surface area contributed by atoms with Gasteiger partial charge in [0, 0.05) is 23.4 Å². The van der Waals surface area contributed by atoms with Gasteiger partial charge < -0.3 is 10.5 Å². The van der Waals surface area contributed by atoms with E-state index in [0.29, 0.717) is 28.1 Å². The second kappa shape index (κ2) is 4.76. The molecule has 3 aromatic rings. The molecule has 0 aliphatic heterocycles. The predicted molar refractivity (Wildman–Crippen MR) is 74.2 cm³/mol. The van der Waals surface area contributed by atoms with Crippen molar-refractivity contribution in [3.8, 4) is 10.6 Å². The maximum Gasteiger partial charge on any atom is 0.235 e. The first-order valence-corrected chi connectivity index (χ1v) is 6.64. The van der Waals surface area contributed by atoms with Gasteiger partial charge in [0.1, 0.15) is 11.6 Å². The Morgan fingerprint density at radius 3 is 3.05 bits per heavy atom. The standard InChI is InChI=1S/C11H10ClN5OS/c1-18-5-9-14-15-11-17(9)16-10(19-11)7-4-6(12)2-3-8(7)13/h2-4H,5,13H2,1H3. The minimum absolute atomic E-state index is 0.357. The number of nitrogens with two attached hydrogens (primary N) is 1. The van der Waals surface area contributed by atoms with Crippen LogP contribution in [0.2, 0.25) is 5.02 Å². The van der Waals surface area contributed by atoms with Gasteiger partial charge in [-0.05, 0) is 18.2 Å². The first kappa shape index (κ1) is 12.3. The molecule has 2 N–H and O–H groups in total. The number of hydrogen-bond donors (Lipinski definition) is 1. The summed E-state index contributed by atoms with van der Waals surface area (Å²) in [6.07, 6.45) is 0. The Morgan fingerprint density at radius 2 is 2.26 bits per heavy atom. The number of nitrogen functional groups attached to an aromatic ring is 1. The molecule has 0 amide bonds. The van der Waals surface area contributed by atoms with Gasteiger partial charge in [0.25, 0.3) is 0 Å². The molecule has 0 saturated carbocycles. The van der Waals surface area contributed by atoms with E-state index in [1.54, 1.807) is 29.8 Å². The number of ether oxygens (including phenoxy) is 1. The first-order chi connectivity index (χ1) is 9.19. The normalized spacial score (nSPS) is 11.3. The van der Waals surface area contributed by atoms with Crippen molar-refractivity contribution in [3.05, 3.63) is 29.0 Å². The topological polar surface area (TPSA) is 78.3 Å². The third-order valence-corrected chi connectivity index (χ3v) is 3.74. The SMILES string of the molecule is COCc1nnc2sc(-c3cc(Cl)ccc3N)nn12.